The van der Waals surface area contributed by atoms with Crippen LogP contribution in [0.15, 0.2) is 30.3 Å². The van der Waals surface area contributed by atoms with Gasteiger partial charge in [0, 0.05) is 12.1 Å². The molecule has 1 aliphatic heterocycles. The first-order chi connectivity index (χ1) is 8.11. The fraction of sp³-hybridized carbons (Fsp3) is 0.250. The summed E-state index contributed by atoms with van der Waals surface area (Å²) in [7, 11) is 0. The first-order valence-corrected chi connectivity index (χ1v) is 5.25. The number of carboxylic acids is 1. The Bertz CT molecular complexity index is 469. The molecular formula is C12H11NO4. The summed E-state index contributed by atoms with van der Waals surface area (Å²) in [6.45, 7) is 0. The van der Waals surface area contributed by atoms with Crippen molar-refractivity contribution in [2.45, 2.75) is 18.9 Å². The Hall–Kier alpha value is -2.17. The molecule has 1 amide bonds. The summed E-state index contributed by atoms with van der Waals surface area (Å²) in [5.74, 6) is -2.64. The zero-order valence-electron chi connectivity index (χ0n) is 9.00. The molecule has 1 atom stereocenters. The number of aliphatic carboxylic acids is 1. The van der Waals surface area contributed by atoms with Crippen LogP contribution in [-0.4, -0.2) is 28.8 Å². The SMILES string of the molecule is O=C(O)C(=O)C1CCC(=O)N1c1ccccc1. The second-order valence-corrected chi connectivity index (χ2v) is 3.82. The Kier molecular flexibility index (Phi) is 2.91. The van der Waals surface area contributed by atoms with Gasteiger partial charge in [0.05, 0.1) is 0 Å². The molecule has 88 valence electrons. The Morgan fingerprint density at radius 3 is 2.47 bits per heavy atom. The molecule has 1 heterocycles. The number of hydrogen-bond donors (Lipinski definition) is 1. The average Bonchev–Trinajstić information content (AvgIpc) is 2.71. The number of carbonyl (C=O) groups is 3. The Morgan fingerprint density at radius 2 is 1.88 bits per heavy atom. The highest BCUT2D eigenvalue weighted by Gasteiger charge is 2.39. The first-order valence-electron chi connectivity index (χ1n) is 5.25. The van der Waals surface area contributed by atoms with Gasteiger partial charge in [-0.3, -0.25) is 9.59 Å². The van der Waals surface area contributed by atoms with E-state index in [0.717, 1.165) is 0 Å². The lowest BCUT2D eigenvalue weighted by Crippen LogP contribution is -2.41. The molecule has 0 aliphatic carbocycles. The molecule has 5 nitrogen and oxygen atoms in total. The maximum absolute atomic E-state index is 11.7. The molecule has 1 unspecified atom stereocenters. The van der Waals surface area contributed by atoms with E-state index < -0.39 is 17.8 Å². The van der Waals surface area contributed by atoms with Crippen LogP contribution < -0.4 is 4.90 Å². The van der Waals surface area contributed by atoms with Gasteiger partial charge in [-0.15, -0.1) is 0 Å². The third-order valence-electron chi connectivity index (χ3n) is 2.76. The molecule has 0 bridgehead atoms. The number of amides is 1. The van der Waals surface area contributed by atoms with Crippen LogP contribution >= 0.6 is 0 Å². The van der Waals surface area contributed by atoms with E-state index in [9.17, 15) is 14.4 Å². The highest BCUT2D eigenvalue weighted by Crippen LogP contribution is 2.26. The molecule has 1 fully saturated rings. The minimum atomic E-state index is -1.49. The monoisotopic (exact) mass is 233 g/mol. The van der Waals surface area contributed by atoms with Gasteiger partial charge in [-0.05, 0) is 18.6 Å². The summed E-state index contributed by atoms with van der Waals surface area (Å²) >= 11 is 0. The van der Waals surface area contributed by atoms with Gasteiger partial charge in [-0.25, -0.2) is 4.79 Å². The number of Topliss-reactive ketones (excluding diaryl/α,β-unsaturated/α-hetero) is 1. The van der Waals surface area contributed by atoms with Crippen LogP contribution in [0, 0.1) is 0 Å². The van der Waals surface area contributed by atoms with Crippen LogP contribution in [0.25, 0.3) is 0 Å². The zero-order valence-corrected chi connectivity index (χ0v) is 9.00. The average molecular weight is 233 g/mol. The van der Waals surface area contributed by atoms with Gasteiger partial charge >= 0.3 is 5.97 Å². The van der Waals surface area contributed by atoms with E-state index in [4.69, 9.17) is 5.11 Å². The number of carbonyl (C=O) groups excluding carboxylic acids is 2. The smallest absolute Gasteiger partial charge is 0.374 e. The van der Waals surface area contributed by atoms with Crippen LogP contribution in [0.4, 0.5) is 5.69 Å². The summed E-state index contributed by atoms with van der Waals surface area (Å²) < 4.78 is 0. The molecule has 0 aromatic heterocycles. The van der Waals surface area contributed by atoms with E-state index in [1.165, 1.54) is 4.90 Å². The van der Waals surface area contributed by atoms with Crippen LogP contribution in [0.1, 0.15) is 12.8 Å². The summed E-state index contributed by atoms with van der Waals surface area (Å²) in [6, 6.07) is 7.77. The third-order valence-corrected chi connectivity index (χ3v) is 2.76. The number of ketones is 1. The number of hydrogen-bond acceptors (Lipinski definition) is 3. The van der Waals surface area contributed by atoms with E-state index >= 15 is 0 Å². The second-order valence-electron chi connectivity index (χ2n) is 3.82. The fourth-order valence-corrected chi connectivity index (χ4v) is 1.99. The van der Waals surface area contributed by atoms with Crippen molar-refractivity contribution in [1.29, 1.82) is 0 Å². The lowest BCUT2D eigenvalue weighted by molar-refractivity contribution is -0.149. The molecule has 1 N–H and O–H groups in total. The Balaban J connectivity index is 2.33. The quantitative estimate of drug-likeness (QED) is 0.785. The normalized spacial score (nSPS) is 19.4. The van der Waals surface area contributed by atoms with Crippen molar-refractivity contribution < 1.29 is 19.5 Å². The lowest BCUT2D eigenvalue weighted by Gasteiger charge is -2.22. The Labute approximate surface area is 97.7 Å². The lowest BCUT2D eigenvalue weighted by atomic mass is 10.1. The highest BCUT2D eigenvalue weighted by atomic mass is 16.4. The van der Waals surface area contributed by atoms with Crippen LogP contribution in [0.2, 0.25) is 0 Å². The van der Waals surface area contributed by atoms with Gasteiger partial charge in [0.25, 0.3) is 5.78 Å². The number of para-hydroxylation sites is 1. The van der Waals surface area contributed by atoms with E-state index in [-0.39, 0.29) is 18.7 Å². The molecule has 1 aromatic carbocycles. The molecule has 17 heavy (non-hydrogen) atoms. The van der Waals surface area contributed by atoms with Crippen molar-refractivity contribution in [1.82, 2.24) is 0 Å². The molecule has 0 radical (unpaired) electrons. The molecule has 2 rings (SSSR count). The molecule has 1 saturated heterocycles. The van der Waals surface area contributed by atoms with Crippen LogP contribution in [-0.2, 0) is 14.4 Å². The van der Waals surface area contributed by atoms with Crippen molar-refractivity contribution in [3.63, 3.8) is 0 Å². The van der Waals surface area contributed by atoms with Crippen LogP contribution in [0.3, 0.4) is 0 Å². The number of benzene rings is 1. The van der Waals surface area contributed by atoms with Crippen molar-refractivity contribution in [2.24, 2.45) is 0 Å². The van der Waals surface area contributed by atoms with E-state index in [1.54, 1.807) is 30.3 Å². The number of anilines is 1. The standard InChI is InChI=1S/C12H11NO4/c14-10-7-6-9(11(15)12(16)17)13(10)8-4-2-1-3-5-8/h1-5,9H,6-7H2,(H,16,17). The summed E-state index contributed by atoms with van der Waals surface area (Å²) in [5.41, 5.74) is 0.564. The largest absolute Gasteiger partial charge is 0.475 e. The van der Waals surface area contributed by atoms with Crippen molar-refractivity contribution in [3.05, 3.63) is 30.3 Å². The minimum Gasteiger partial charge on any atom is -0.475 e. The maximum atomic E-state index is 11.7. The minimum absolute atomic E-state index is 0.207. The molecular weight excluding hydrogens is 222 g/mol. The van der Waals surface area contributed by atoms with Gasteiger partial charge in [-0.1, -0.05) is 18.2 Å². The number of nitrogens with zero attached hydrogens (tertiary/aromatic N) is 1. The van der Waals surface area contributed by atoms with Gasteiger partial charge in [0.15, 0.2) is 0 Å². The van der Waals surface area contributed by atoms with Crippen molar-refractivity contribution in [2.75, 3.05) is 4.90 Å². The van der Waals surface area contributed by atoms with Crippen LogP contribution in [0.5, 0.6) is 0 Å². The summed E-state index contributed by atoms with van der Waals surface area (Å²) in [4.78, 5) is 35.1. The summed E-state index contributed by atoms with van der Waals surface area (Å²) in [5, 5.41) is 8.71. The second kappa shape index (κ2) is 4.37. The zero-order chi connectivity index (χ0) is 12.4. The predicted molar refractivity (Wildman–Crippen MR) is 59.6 cm³/mol. The third kappa shape index (κ3) is 2.04. The fourth-order valence-electron chi connectivity index (χ4n) is 1.99. The number of rotatable bonds is 3. The van der Waals surface area contributed by atoms with Crippen molar-refractivity contribution in [3.8, 4) is 0 Å². The topological polar surface area (TPSA) is 74.7 Å². The number of carboxylic acid groups (broad SMARTS) is 1. The molecule has 1 aliphatic rings. The molecule has 1 aromatic rings. The van der Waals surface area contributed by atoms with Gasteiger partial charge < -0.3 is 10.0 Å². The van der Waals surface area contributed by atoms with E-state index in [1.807, 2.05) is 0 Å². The van der Waals surface area contributed by atoms with Gasteiger partial charge in [0.2, 0.25) is 5.91 Å². The summed E-state index contributed by atoms with van der Waals surface area (Å²) in [6.07, 6.45) is 0.470. The molecule has 5 heteroatoms. The first kappa shape index (κ1) is 11.3. The van der Waals surface area contributed by atoms with Gasteiger partial charge in [-0.2, -0.15) is 0 Å². The van der Waals surface area contributed by atoms with E-state index in [0.29, 0.717) is 5.69 Å². The Morgan fingerprint density at radius 1 is 1.24 bits per heavy atom. The van der Waals surface area contributed by atoms with E-state index in [2.05, 4.69) is 0 Å². The molecule has 0 spiro atoms. The van der Waals surface area contributed by atoms with Gasteiger partial charge in [0.1, 0.15) is 6.04 Å². The predicted octanol–water partition coefficient (Wildman–Crippen LogP) is 0.836. The maximum Gasteiger partial charge on any atom is 0.374 e. The highest BCUT2D eigenvalue weighted by molar-refractivity contribution is 6.36. The molecule has 0 saturated carbocycles. The van der Waals surface area contributed by atoms with Crippen molar-refractivity contribution >= 4 is 23.3 Å².